The Morgan fingerprint density at radius 1 is 1.00 bits per heavy atom. The summed E-state index contributed by atoms with van der Waals surface area (Å²) in [5, 5.41) is 3.07. The Morgan fingerprint density at radius 3 is 2.25 bits per heavy atom. The molecule has 2 amide bonds. The van der Waals surface area contributed by atoms with Crippen LogP contribution in [0.15, 0.2) is 0 Å². The predicted molar refractivity (Wildman–Crippen MR) is 77.1 cm³/mol. The Morgan fingerprint density at radius 2 is 1.60 bits per heavy atom. The Labute approximate surface area is 121 Å². The second-order valence-corrected chi connectivity index (χ2v) is 6.81. The first kappa shape index (κ1) is 13.9. The van der Waals surface area contributed by atoms with Crippen LogP contribution in [0.4, 0.5) is 0 Å². The molecule has 0 aromatic heterocycles. The maximum absolute atomic E-state index is 13.1. The summed E-state index contributed by atoms with van der Waals surface area (Å²) in [5.41, 5.74) is -0.570. The fourth-order valence-electron chi connectivity index (χ4n) is 4.28. The number of nitrogens with one attached hydrogen (secondary N) is 1. The molecule has 0 radical (unpaired) electrons. The van der Waals surface area contributed by atoms with Crippen molar-refractivity contribution in [2.45, 2.75) is 88.8 Å². The highest BCUT2D eigenvalue weighted by molar-refractivity contribution is 5.99. The van der Waals surface area contributed by atoms with Crippen molar-refractivity contribution < 1.29 is 9.59 Å². The zero-order valence-electron chi connectivity index (χ0n) is 12.5. The molecule has 4 nitrogen and oxygen atoms in total. The van der Waals surface area contributed by atoms with E-state index < -0.39 is 5.54 Å². The lowest BCUT2D eigenvalue weighted by atomic mass is 9.77. The zero-order valence-corrected chi connectivity index (χ0v) is 12.5. The summed E-state index contributed by atoms with van der Waals surface area (Å²) in [7, 11) is 0. The van der Waals surface area contributed by atoms with E-state index in [1.807, 2.05) is 11.8 Å². The van der Waals surface area contributed by atoms with Crippen molar-refractivity contribution in [3.05, 3.63) is 0 Å². The highest BCUT2D eigenvalue weighted by Crippen LogP contribution is 2.36. The molecule has 3 fully saturated rings. The number of carbonyl (C=O) groups is 2. The minimum atomic E-state index is -0.570. The van der Waals surface area contributed by atoms with Crippen LogP contribution in [-0.2, 0) is 9.59 Å². The van der Waals surface area contributed by atoms with Crippen LogP contribution in [-0.4, -0.2) is 34.3 Å². The van der Waals surface area contributed by atoms with E-state index in [1.165, 1.54) is 25.7 Å². The molecular weight excluding hydrogens is 252 g/mol. The quantitative estimate of drug-likeness (QED) is 0.800. The van der Waals surface area contributed by atoms with E-state index in [0.29, 0.717) is 0 Å². The highest BCUT2D eigenvalue weighted by Gasteiger charge is 2.51. The van der Waals surface area contributed by atoms with Gasteiger partial charge in [-0.15, -0.1) is 0 Å². The van der Waals surface area contributed by atoms with E-state index in [9.17, 15) is 9.59 Å². The van der Waals surface area contributed by atoms with Crippen molar-refractivity contribution in [2.24, 2.45) is 0 Å². The van der Waals surface area contributed by atoms with Crippen molar-refractivity contribution in [1.82, 2.24) is 10.2 Å². The van der Waals surface area contributed by atoms with Crippen LogP contribution in [0, 0.1) is 0 Å². The van der Waals surface area contributed by atoms with E-state index >= 15 is 0 Å². The Balaban J connectivity index is 1.86. The summed E-state index contributed by atoms with van der Waals surface area (Å²) in [4.78, 5) is 27.4. The molecule has 20 heavy (non-hydrogen) atoms. The highest BCUT2D eigenvalue weighted by atomic mass is 16.2. The van der Waals surface area contributed by atoms with E-state index in [1.54, 1.807) is 0 Å². The number of carbonyl (C=O) groups excluding carboxylic acids is 2. The third-order valence-electron chi connectivity index (χ3n) is 5.48. The van der Waals surface area contributed by atoms with Crippen LogP contribution in [0.25, 0.3) is 0 Å². The third kappa shape index (κ3) is 2.23. The topological polar surface area (TPSA) is 49.4 Å². The molecule has 2 aliphatic carbocycles. The first-order valence-corrected chi connectivity index (χ1v) is 8.29. The van der Waals surface area contributed by atoms with Gasteiger partial charge in [0.25, 0.3) is 0 Å². The predicted octanol–water partition coefficient (Wildman–Crippen LogP) is 2.37. The number of hydrogen-bond donors (Lipinski definition) is 1. The minimum Gasteiger partial charge on any atom is -0.340 e. The molecule has 0 aromatic carbocycles. The molecular formula is C16H26N2O2. The van der Waals surface area contributed by atoms with Gasteiger partial charge in [0.15, 0.2) is 0 Å². The summed E-state index contributed by atoms with van der Waals surface area (Å²) < 4.78 is 0. The van der Waals surface area contributed by atoms with Gasteiger partial charge in [-0.3, -0.25) is 9.59 Å². The smallest absolute Gasteiger partial charge is 0.249 e. The van der Waals surface area contributed by atoms with Crippen LogP contribution in [0.2, 0.25) is 0 Å². The Hall–Kier alpha value is -1.06. The second-order valence-electron chi connectivity index (χ2n) is 6.81. The largest absolute Gasteiger partial charge is 0.340 e. The minimum absolute atomic E-state index is 0.0528. The molecule has 4 heteroatoms. The molecule has 1 unspecified atom stereocenters. The van der Waals surface area contributed by atoms with Crippen LogP contribution >= 0.6 is 0 Å². The Kier molecular flexibility index (Phi) is 3.74. The molecule has 1 saturated heterocycles. The van der Waals surface area contributed by atoms with Gasteiger partial charge < -0.3 is 10.2 Å². The first-order valence-electron chi connectivity index (χ1n) is 8.29. The Bertz CT molecular complexity index is 395. The van der Waals surface area contributed by atoms with E-state index in [4.69, 9.17) is 0 Å². The van der Waals surface area contributed by atoms with Gasteiger partial charge in [-0.2, -0.15) is 0 Å². The number of rotatable bonds is 1. The molecule has 1 N–H and O–H groups in total. The lowest BCUT2D eigenvalue weighted by Gasteiger charge is -2.50. The van der Waals surface area contributed by atoms with Gasteiger partial charge in [-0.1, -0.05) is 38.5 Å². The SMILES string of the molecule is CC1C(=O)NC2(CCCCC2)C(=O)N1C1CCCCC1. The number of hydrogen-bond acceptors (Lipinski definition) is 2. The van der Waals surface area contributed by atoms with E-state index in [0.717, 1.165) is 38.5 Å². The normalized spacial score (nSPS) is 31.4. The lowest BCUT2D eigenvalue weighted by molar-refractivity contribution is -0.159. The number of nitrogens with zero attached hydrogens (tertiary/aromatic N) is 1. The van der Waals surface area contributed by atoms with Crippen LogP contribution in [0.1, 0.15) is 71.1 Å². The van der Waals surface area contributed by atoms with Gasteiger partial charge in [-0.05, 0) is 32.6 Å². The zero-order chi connectivity index (χ0) is 14.2. The summed E-state index contributed by atoms with van der Waals surface area (Å²) in [6.07, 6.45) is 10.7. The van der Waals surface area contributed by atoms with Crippen molar-refractivity contribution >= 4 is 11.8 Å². The molecule has 0 aromatic rings. The van der Waals surface area contributed by atoms with Crippen molar-refractivity contribution in [3.63, 3.8) is 0 Å². The third-order valence-corrected chi connectivity index (χ3v) is 5.48. The molecule has 2 saturated carbocycles. The summed E-state index contributed by atoms with van der Waals surface area (Å²) in [6.45, 7) is 1.89. The molecule has 3 aliphatic rings. The maximum Gasteiger partial charge on any atom is 0.249 e. The molecule has 0 bridgehead atoms. The standard InChI is InChI=1S/C16H26N2O2/c1-12-14(19)17-16(10-6-3-7-11-16)15(20)18(12)13-8-4-2-5-9-13/h12-13H,2-11H2,1H3,(H,17,19). The molecule has 1 atom stereocenters. The van der Waals surface area contributed by atoms with Gasteiger partial charge in [0, 0.05) is 6.04 Å². The van der Waals surface area contributed by atoms with Crippen molar-refractivity contribution in [3.8, 4) is 0 Å². The molecule has 112 valence electrons. The molecule has 1 heterocycles. The molecule has 1 spiro atoms. The summed E-state index contributed by atoms with van der Waals surface area (Å²) in [6, 6.07) is -0.00532. The average molecular weight is 278 g/mol. The fourth-order valence-corrected chi connectivity index (χ4v) is 4.28. The maximum atomic E-state index is 13.1. The van der Waals surface area contributed by atoms with Crippen LogP contribution in [0.3, 0.4) is 0 Å². The monoisotopic (exact) mass is 278 g/mol. The number of amides is 2. The van der Waals surface area contributed by atoms with Crippen molar-refractivity contribution in [2.75, 3.05) is 0 Å². The lowest BCUT2D eigenvalue weighted by Crippen LogP contribution is -2.71. The van der Waals surface area contributed by atoms with E-state index in [-0.39, 0.29) is 23.9 Å². The van der Waals surface area contributed by atoms with E-state index in [2.05, 4.69) is 5.32 Å². The van der Waals surface area contributed by atoms with Crippen LogP contribution in [0.5, 0.6) is 0 Å². The summed E-state index contributed by atoms with van der Waals surface area (Å²) in [5.74, 6) is 0.258. The van der Waals surface area contributed by atoms with Gasteiger partial charge >= 0.3 is 0 Å². The van der Waals surface area contributed by atoms with Crippen molar-refractivity contribution in [1.29, 1.82) is 0 Å². The van der Waals surface area contributed by atoms with Gasteiger partial charge in [0.05, 0.1) is 0 Å². The van der Waals surface area contributed by atoms with Gasteiger partial charge in [0.1, 0.15) is 11.6 Å². The fraction of sp³-hybridized carbons (Fsp3) is 0.875. The van der Waals surface area contributed by atoms with Crippen LogP contribution < -0.4 is 5.32 Å². The number of piperazine rings is 1. The average Bonchev–Trinajstić information content (AvgIpc) is 2.48. The second kappa shape index (κ2) is 5.38. The van der Waals surface area contributed by atoms with Gasteiger partial charge in [0.2, 0.25) is 11.8 Å². The molecule has 1 aliphatic heterocycles. The first-order chi connectivity index (χ1) is 9.64. The molecule has 3 rings (SSSR count). The summed E-state index contributed by atoms with van der Waals surface area (Å²) >= 11 is 0. The van der Waals surface area contributed by atoms with Gasteiger partial charge in [-0.25, -0.2) is 0 Å².